The van der Waals surface area contributed by atoms with E-state index in [1.807, 2.05) is 0 Å². The Labute approximate surface area is 148 Å². The first kappa shape index (κ1) is 19.0. The molecule has 1 aliphatic rings. The summed E-state index contributed by atoms with van der Waals surface area (Å²) in [5.41, 5.74) is 1.94. The van der Waals surface area contributed by atoms with Crippen LogP contribution in [0.3, 0.4) is 0 Å². The van der Waals surface area contributed by atoms with E-state index in [9.17, 15) is 14.4 Å². The molecule has 0 spiro atoms. The predicted octanol–water partition coefficient (Wildman–Crippen LogP) is 2.51. The largest absolute Gasteiger partial charge is 0.354 e. The van der Waals surface area contributed by atoms with Crippen molar-refractivity contribution in [3.63, 3.8) is 0 Å². The quantitative estimate of drug-likeness (QED) is 0.745. The number of allylic oxidation sites excluding steroid dienone is 1. The summed E-state index contributed by atoms with van der Waals surface area (Å²) in [5.74, 6) is -0.418. The molecule has 0 saturated heterocycles. The molecule has 136 valence electrons. The molecule has 1 aliphatic carbocycles. The lowest BCUT2D eigenvalue weighted by Crippen LogP contribution is -2.35. The lowest BCUT2D eigenvalue weighted by atomic mass is 9.97. The molecule has 2 rings (SSSR count). The minimum Gasteiger partial charge on any atom is -0.354 e. The van der Waals surface area contributed by atoms with E-state index in [1.165, 1.54) is 23.0 Å². The van der Waals surface area contributed by atoms with E-state index in [-0.39, 0.29) is 29.6 Å². The zero-order valence-corrected chi connectivity index (χ0v) is 15.1. The second-order valence-corrected chi connectivity index (χ2v) is 6.39. The fourth-order valence-electron chi connectivity index (χ4n) is 2.89. The van der Waals surface area contributed by atoms with Gasteiger partial charge >= 0.3 is 0 Å². The third-order valence-corrected chi connectivity index (χ3v) is 4.44. The highest BCUT2D eigenvalue weighted by molar-refractivity contribution is 5.90. The smallest absolute Gasteiger partial charge is 0.274 e. The Morgan fingerprint density at radius 1 is 1.20 bits per heavy atom. The summed E-state index contributed by atoms with van der Waals surface area (Å²) in [7, 11) is 0. The third kappa shape index (κ3) is 5.59. The van der Waals surface area contributed by atoms with Gasteiger partial charge in [0.1, 0.15) is 12.2 Å². The van der Waals surface area contributed by atoms with Gasteiger partial charge in [-0.1, -0.05) is 18.6 Å². The first-order valence-electron chi connectivity index (χ1n) is 8.96. The van der Waals surface area contributed by atoms with Crippen LogP contribution in [0, 0.1) is 6.92 Å². The zero-order valence-electron chi connectivity index (χ0n) is 15.1. The lowest BCUT2D eigenvalue weighted by molar-refractivity contribution is -0.121. The van der Waals surface area contributed by atoms with Gasteiger partial charge in [0.15, 0.2) is 0 Å². The minimum atomic E-state index is -0.355. The second-order valence-electron chi connectivity index (χ2n) is 6.39. The van der Waals surface area contributed by atoms with Gasteiger partial charge in [0.05, 0.1) is 0 Å². The highest BCUT2D eigenvalue weighted by atomic mass is 16.2. The standard InChI is InChI=1S/C19H27N3O3/c1-3-17(23)21-16-10-9-14(2)22(19(16)25)13-18(24)20-12-11-15-7-5-4-6-8-15/h7,9-10H,3-6,8,11-13H2,1-2H3,(H,20,24)(H,21,23). The average Bonchev–Trinajstić information content (AvgIpc) is 2.62. The number of nitrogens with zero attached hydrogens (tertiary/aromatic N) is 1. The van der Waals surface area contributed by atoms with E-state index < -0.39 is 0 Å². The van der Waals surface area contributed by atoms with Crippen LogP contribution in [-0.4, -0.2) is 22.9 Å². The van der Waals surface area contributed by atoms with Crippen molar-refractivity contribution >= 4 is 17.5 Å². The second kappa shape index (κ2) is 9.20. The number of hydrogen-bond donors (Lipinski definition) is 2. The summed E-state index contributed by atoms with van der Waals surface area (Å²) in [6.07, 6.45) is 8.16. The lowest BCUT2D eigenvalue weighted by Gasteiger charge is -2.14. The van der Waals surface area contributed by atoms with Crippen molar-refractivity contribution < 1.29 is 9.59 Å². The molecule has 6 nitrogen and oxygen atoms in total. The van der Waals surface area contributed by atoms with Gasteiger partial charge < -0.3 is 15.2 Å². The van der Waals surface area contributed by atoms with E-state index in [4.69, 9.17) is 0 Å². The van der Waals surface area contributed by atoms with Crippen molar-refractivity contribution in [2.45, 2.75) is 58.9 Å². The molecule has 0 radical (unpaired) electrons. The van der Waals surface area contributed by atoms with Crippen LogP contribution in [0.4, 0.5) is 5.69 Å². The molecule has 2 N–H and O–H groups in total. The molecule has 0 bridgehead atoms. The van der Waals surface area contributed by atoms with Gasteiger partial charge in [-0.3, -0.25) is 14.4 Å². The van der Waals surface area contributed by atoms with Crippen molar-refractivity contribution in [3.05, 3.63) is 39.8 Å². The molecular weight excluding hydrogens is 318 g/mol. The fraction of sp³-hybridized carbons (Fsp3) is 0.526. The number of rotatable bonds is 7. The Morgan fingerprint density at radius 3 is 2.68 bits per heavy atom. The molecule has 0 atom stereocenters. The maximum atomic E-state index is 12.5. The molecular formula is C19H27N3O3. The maximum Gasteiger partial charge on any atom is 0.274 e. The van der Waals surface area contributed by atoms with E-state index in [0.717, 1.165) is 19.3 Å². The molecule has 2 amide bonds. The highest BCUT2D eigenvalue weighted by Gasteiger charge is 2.12. The van der Waals surface area contributed by atoms with Crippen molar-refractivity contribution in [1.82, 2.24) is 9.88 Å². The average molecular weight is 345 g/mol. The molecule has 0 aliphatic heterocycles. The van der Waals surface area contributed by atoms with Crippen LogP contribution in [0.2, 0.25) is 0 Å². The first-order valence-corrected chi connectivity index (χ1v) is 8.96. The number of pyridine rings is 1. The Morgan fingerprint density at radius 2 is 2.00 bits per heavy atom. The van der Waals surface area contributed by atoms with Crippen molar-refractivity contribution in [3.8, 4) is 0 Å². The number of nitrogens with one attached hydrogen (secondary N) is 2. The van der Waals surface area contributed by atoms with Crippen LogP contribution >= 0.6 is 0 Å². The Bertz CT molecular complexity index is 719. The zero-order chi connectivity index (χ0) is 18.2. The van der Waals surface area contributed by atoms with Crippen LogP contribution < -0.4 is 16.2 Å². The highest BCUT2D eigenvalue weighted by Crippen LogP contribution is 2.19. The number of hydrogen-bond acceptors (Lipinski definition) is 3. The normalized spacial score (nSPS) is 13.9. The number of aromatic nitrogens is 1. The summed E-state index contributed by atoms with van der Waals surface area (Å²) in [6, 6.07) is 3.31. The summed E-state index contributed by atoms with van der Waals surface area (Å²) >= 11 is 0. The van der Waals surface area contributed by atoms with E-state index in [2.05, 4.69) is 16.7 Å². The third-order valence-electron chi connectivity index (χ3n) is 4.44. The van der Waals surface area contributed by atoms with E-state index >= 15 is 0 Å². The van der Waals surface area contributed by atoms with Gasteiger partial charge in [-0.2, -0.15) is 0 Å². The summed E-state index contributed by atoms with van der Waals surface area (Å²) in [4.78, 5) is 36.1. The van der Waals surface area contributed by atoms with Gasteiger partial charge in [0.25, 0.3) is 5.56 Å². The Balaban J connectivity index is 1.95. The molecule has 6 heteroatoms. The van der Waals surface area contributed by atoms with Crippen molar-refractivity contribution in [1.29, 1.82) is 0 Å². The summed E-state index contributed by atoms with van der Waals surface area (Å²) < 4.78 is 1.39. The van der Waals surface area contributed by atoms with Gasteiger partial charge in [-0.25, -0.2) is 0 Å². The Kier molecular flexibility index (Phi) is 6.98. The van der Waals surface area contributed by atoms with E-state index in [0.29, 0.717) is 18.7 Å². The van der Waals surface area contributed by atoms with Crippen LogP contribution in [0.1, 0.15) is 51.1 Å². The fourth-order valence-corrected chi connectivity index (χ4v) is 2.89. The number of carbonyl (C=O) groups excluding carboxylic acids is 2. The minimum absolute atomic E-state index is 0.0421. The predicted molar refractivity (Wildman–Crippen MR) is 98.5 cm³/mol. The SMILES string of the molecule is CCC(=O)Nc1ccc(C)n(CC(=O)NCCC2=CCCCC2)c1=O. The molecule has 0 unspecified atom stereocenters. The van der Waals surface area contributed by atoms with Crippen molar-refractivity contribution in [2.24, 2.45) is 0 Å². The molecule has 1 aromatic heterocycles. The van der Waals surface area contributed by atoms with Crippen molar-refractivity contribution in [2.75, 3.05) is 11.9 Å². The molecule has 1 heterocycles. The van der Waals surface area contributed by atoms with Crippen LogP contribution in [-0.2, 0) is 16.1 Å². The number of amides is 2. The Hall–Kier alpha value is -2.37. The topological polar surface area (TPSA) is 80.2 Å². The molecule has 0 aromatic carbocycles. The maximum absolute atomic E-state index is 12.5. The van der Waals surface area contributed by atoms with E-state index in [1.54, 1.807) is 26.0 Å². The molecule has 1 aromatic rings. The van der Waals surface area contributed by atoms with Crippen LogP contribution in [0.5, 0.6) is 0 Å². The number of carbonyl (C=O) groups is 2. The van der Waals surface area contributed by atoms with Crippen LogP contribution in [0.25, 0.3) is 0 Å². The van der Waals surface area contributed by atoms with Gasteiger partial charge in [0, 0.05) is 18.7 Å². The number of anilines is 1. The monoisotopic (exact) mass is 345 g/mol. The molecule has 0 saturated carbocycles. The summed E-state index contributed by atoms with van der Waals surface area (Å²) in [5, 5.41) is 5.45. The van der Waals surface area contributed by atoms with Gasteiger partial charge in [-0.15, -0.1) is 0 Å². The first-order chi connectivity index (χ1) is 12.0. The summed E-state index contributed by atoms with van der Waals surface area (Å²) in [6.45, 7) is 4.04. The van der Waals surface area contributed by atoms with Gasteiger partial charge in [-0.05, 0) is 51.2 Å². The molecule has 0 fully saturated rings. The molecule has 25 heavy (non-hydrogen) atoms. The van der Waals surface area contributed by atoms with Gasteiger partial charge in [0.2, 0.25) is 11.8 Å². The van der Waals surface area contributed by atoms with Crippen LogP contribution in [0.15, 0.2) is 28.6 Å². The number of aryl methyl sites for hydroxylation is 1.